The largest absolute Gasteiger partial charge is 0.449 e. The first-order valence-corrected chi connectivity index (χ1v) is 9.46. The molecule has 0 aliphatic rings. The molecule has 3 rings (SSSR count). The molecule has 0 spiro atoms. The average molecular weight is 434 g/mol. The van der Waals surface area contributed by atoms with Crippen LogP contribution in [0, 0.1) is 28.4 Å². The standard InChI is InChI=1S/C23H16ClN3O4/c1-15-6-9-18(10-7-15)26-23(28)17(14-25)12-16-8-11-22(20(13-16)27(29)30)31-21-5-3-2-4-19(21)24/h2-13H,1H3,(H,26,28)/b17-12+. The number of nitrogens with one attached hydrogen (secondary N) is 1. The number of rotatable bonds is 6. The van der Waals surface area contributed by atoms with Gasteiger partial charge in [-0.15, -0.1) is 0 Å². The third kappa shape index (κ3) is 5.47. The van der Waals surface area contributed by atoms with Crippen LogP contribution in [-0.2, 0) is 4.79 Å². The van der Waals surface area contributed by atoms with Crippen LogP contribution in [0.5, 0.6) is 11.5 Å². The number of carbonyl (C=O) groups is 1. The summed E-state index contributed by atoms with van der Waals surface area (Å²) in [5, 5.41) is 23.9. The molecule has 0 bridgehead atoms. The van der Waals surface area contributed by atoms with Crippen LogP contribution in [0.1, 0.15) is 11.1 Å². The lowest BCUT2D eigenvalue weighted by Crippen LogP contribution is -2.13. The van der Waals surface area contributed by atoms with Crippen LogP contribution >= 0.6 is 11.6 Å². The summed E-state index contributed by atoms with van der Waals surface area (Å²) in [6, 6.07) is 19.6. The van der Waals surface area contributed by atoms with Crippen molar-refractivity contribution in [2.45, 2.75) is 6.92 Å². The molecule has 7 nitrogen and oxygen atoms in total. The van der Waals surface area contributed by atoms with Gasteiger partial charge in [-0.3, -0.25) is 14.9 Å². The van der Waals surface area contributed by atoms with E-state index >= 15 is 0 Å². The number of aryl methyl sites for hydroxylation is 1. The number of nitriles is 1. The minimum absolute atomic E-state index is 0.0159. The number of hydrogen-bond acceptors (Lipinski definition) is 5. The molecule has 0 atom stereocenters. The Morgan fingerprint density at radius 3 is 2.48 bits per heavy atom. The zero-order valence-corrected chi connectivity index (χ0v) is 17.1. The summed E-state index contributed by atoms with van der Waals surface area (Å²) in [6.07, 6.45) is 1.27. The van der Waals surface area contributed by atoms with Crippen LogP contribution in [0.15, 0.2) is 72.3 Å². The van der Waals surface area contributed by atoms with Crippen molar-refractivity contribution in [2.24, 2.45) is 0 Å². The van der Waals surface area contributed by atoms with Gasteiger partial charge in [-0.1, -0.05) is 47.5 Å². The first-order valence-electron chi connectivity index (χ1n) is 9.08. The van der Waals surface area contributed by atoms with Crippen LogP contribution in [-0.4, -0.2) is 10.8 Å². The maximum absolute atomic E-state index is 12.4. The molecule has 0 heterocycles. The van der Waals surface area contributed by atoms with Crippen LogP contribution in [0.4, 0.5) is 11.4 Å². The van der Waals surface area contributed by atoms with Gasteiger partial charge < -0.3 is 10.1 Å². The fraction of sp³-hybridized carbons (Fsp3) is 0.0435. The van der Waals surface area contributed by atoms with Crippen molar-refractivity contribution in [3.8, 4) is 17.6 Å². The molecule has 1 N–H and O–H groups in total. The van der Waals surface area contributed by atoms with E-state index in [1.54, 1.807) is 36.4 Å². The third-order valence-electron chi connectivity index (χ3n) is 4.22. The van der Waals surface area contributed by atoms with Gasteiger partial charge in [-0.2, -0.15) is 5.26 Å². The van der Waals surface area contributed by atoms with E-state index in [1.165, 1.54) is 24.3 Å². The van der Waals surface area contributed by atoms with E-state index in [0.717, 1.165) is 5.56 Å². The molecule has 1 amide bonds. The lowest BCUT2D eigenvalue weighted by atomic mass is 10.1. The molecule has 0 saturated heterocycles. The van der Waals surface area contributed by atoms with Gasteiger partial charge in [-0.25, -0.2) is 0 Å². The highest BCUT2D eigenvalue weighted by molar-refractivity contribution is 6.32. The second-order valence-corrected chi connectivity index (χ2v) is 6.91. The topological polar surface area (TPSA) is 105 Å². The van der Waals surface area contributed by atoms with Crippen molar-refractivity contribution in [1.82, 2.24) is 0 Å². The van der Waals surface area contributed by atoms with E-state index in [0.29, 0.717) is 16.3 Å². The summed E-state index contributed by atoms with van der Waals surface area (Å²) in [6.45, 7) is 1.91. The van der Waals surface area contributed by atoms with E-state index in [-0.39, 0.29) is 22.8 Å². The fourth-order valence-corrected chi connectivity index (χ4v) is 2.82. The van der Waals surface area contributed by atoms with Gasteiger partial charge in [-0.05, 0) is 48.9 Å². The maximum atomic E-state index is 12.4. The first-order chi connectivity index (χ1) is 14.9. The predicted molar refractivity (Wildman–Crippen MR) is 118 cm³/mol. The highest BCUT2D eigenvalue weighted by atomic mass is 35.5. The van der Waals surface area contributed by atoms with Crippen LogP contribution in [0.3, 0.4) is 0 Å². The van der Waals surface area contributed by atoms with Crippen LogP contribution < -0.4 is 10.1 Å². The fourth-order valence-electron chi connectivity index (χ4n) is 2.65. The molecule has 0 saturated carbocycles. The molecule has 31 heavy (non-hydrogen) atoms. The summed E-state index contributed by atoms with van der Waals surface area (Å²) < 4.78 is 5.59. The normalized spacial score (nSPS) is 10.8. The number of ether oxygens (including phenoxy) is 1. The Hall–Kier alpha value is -4.15. The van der Waals surface area contributed by atoms with Crippen LogP contribution in [0.25, 0.3) is 6.08 Å². The quantitative estimate of drug-likeness (QED) is 0.225. The minimum atomic E-state index is -0.620. The van der Waals surface area contributed by atoms with Crippen molar-refractivity contribution in [2.75, 3.05) is 5.32 Å². The number of benzene rings is 3. The number of para-hydroxylation sites is 1. The first kappa shape index (κ1) is 21.6. The number of nitro groups is 1. The van der Waals surface area contributed by atoms with Crippen LogP contribution in [0.2, 0.25) is 5.02 Å². The van der Waals surface area contributed by atoms with Gasteiger partial charge in [0.1, 0.15) is 17.4 Å². The molecule has 3 aromatic carbocycles. The van der Waals surface area contributed by atoms with E-state index < -0.39 is 10.8 Å². The molecule has 0 radical (unpaired) electrons. The monoisotopic (exact) mass is 433 g/mol. The number of carbonyl (C=O) groups excluding carboxylic acids is 1. The van der Waals surface area contributed by atoms with Crippen molar-refractivity contribution in [3.05, 3.63) is 98.6 Å². The Labute approximate surface area is 183 Å². The molecule has 0 aromatic heterocycles. The number of amides is 1. The third-order valence-corrected chi connectivity index (χ3v) is 4.53. The summed E-state index contributed by atoms with van der Waals surface area (Å²) in [4.78, 5) is 23.3. The highest BCUT2D eigenvalue weighted by Gasteiger charge is 2.18. The zero-order chi connectivity index (χ0) is 22.4. The smallest absolute Gasteiger partial charge is 0.312 e. The maximum Gasteiger partial charge on any atom is 0.312 e. The average Bonchev–Trinajstić information content (AvgIpc) is 2.75. The molecule has 3 aromatic rings. The Bertz CT molecular complexity index is 1210. The Morgan fingerprint density at radius 2 is 1.84 bits per heavy atom. The molecule has 8 heteroatoms. The van der Waals surface area contributed by atoms with Gasteiger partial charge in [0.2, 0.25) is 5.75 Å². The van der Waals surface area contributed by atoms with E-state index in [4.69, 9.17) is 16.3 Å². The molecular weight excluding hydrogens is 418 g/mol. The summed E-state index contributed by atoms with van der Waals surface area (Å²) in [5.41, 5.74) is 1.33. The SMILES string of the molecule is Cc1ccc(NC(=O)/C(C#N)=C/c2ccc(Oc3ccccc3Cl)c([N+](=O)[O-])c2)cc1. The molecule has 154 valence electrons. The molecule has 0 unspecified atom stereocenters. The Morgan fingerprint density at radius 1 is 1.13 bits per heavy atom. The number of halogens is 1. The van der Waals surface area contributed by atoms with Crippen molar-refractivity contribution >= 4 is 35.0 Å². The second kappa shape index (κ2) is 9.57. The summed E-state index contributed by atoms with van der Waals surface area (Å²) in [7, 11) is 0. The summed E-state index contributed by atoms with van der Waals surface area (Å²) in [5.74, 6) is -0.367. The zero-order valence-electron chi connectivity index (χ0n) is 16.3. The molecule has 0 aliphatic carbocycles. The number of nitro benzene ring substituents is 1. The Balaban J connectivity index is 1.88. The van der Waals surface area contributed by atoms with E-state index in [9.17, 15) is 20.2 Å². The van der Waals surface area contributed by atoms with E-state index in [1.807, 2.05) is 25.1 Å². The predicted octanol–water partition coefficient (Wildman–Crippen LogP) is 5.89. The number of anilines is 1. The molecule has 0 fully saturated rings. The lowest BCUT2D eigenvalue weighted by molar-refractivity contribution is -0.385. The van der Waals surface area contributed by atoms with E-state index in [2.05, 4.69) is 5.32 Å². The van der Waals surface area contributed by atoms with Crippen molar-refractivity contribution < 1.29 is 14.5 Å². The number of nitrogens with zero attached hydrogens (tertiary/aromatic N) is 2. The minimum Gasteiger partial charge on any atom is -0.449 e. The van der Waals surface area contributed by atoms with Gasteiger partial charge in [0.15, 0.2) is 0 Å². The lowest BCUT2D eigenvalue weighted by Gasteiger charge is -2.08. The summed E-state index contributed by atoms with van der Waals surface area (Å²) >= 11 is 6.05. The van der Waals surface area contributed by atoms with Gasteiger partial charge >= 0.3 is 5.69 Å². The number of hydrogen-bond donors (Lipinski definition) is 1. The Kier molecular flexibility index (Phi) is 6.65. The molecular formula is C23H16ClN3O4. The highest BCUT2D eigenvalue weighted by Crippen LogP contribution is 2.35. The second-order valence-electron chi connectivity index (χ2n) is 6.51. The van der Waals surface area contributed by atoms with Gasteiger partial charge in [0, 0.05) is 11.8 Å². The van der Waals surface area contributed by atoms with Gasteiger partial charge in [0.25, 0.3) is 5.91 Å². The van der Waals surface area contributed by atoms with Gasteiger partial charge in [0.05, 0.1) is 9.95 Å². The van der Waals surface area contributed by atoms with Crippen molar-refractivity contribution in [1.29, 1.82) is 5.26 Å². The molecule has 0 aliphatic heterocycles. The van der Waals surface area contributed by atoms with Crippen molar-refractivity contribution in [3.63, 3.8) is 0 Å².